The van der Waals surface area contributed by atoms with Gasteiger partial charge in [0.05, 0.1) is 11.1 Å². The first-order chi connectivity index (χ1) is 13.2. The van der Waals surface area contributed by atoms with Gasteiger partial charge in [0, 0.05) is 0 Å². The van der Waals surface area contributed by atoms with E-state index in [1.54, 1.807) is 24.3 Å². The molecule has 0 radical (unpaired) electrons. The zero-order chi connectivity index (χ0) is 22.0. The Balaban J connectivity index is 0.000000170. The highest BCUT2D eigenvalue weighted by Gasteiger charge is 2.32. The quantitative estimate of drug-likeness (QED) is 0.310. The van der Waals surface area contributed by atoms with Gasteiger partial charge in [-0.2, -0.15) is 0 Å². The summed E-state index contributed by atoms with van der Waals surface area (Å²) in [6.45, 7) is 0. The van der Waals surface area contributed by atoms with E-state index >= 15 is 0 Å². The molecule has 0 spiro atoms. The van der Waals surface area contributed by atoms with Gasteiger partial charge in [-0.3, -0.25) is 9.59 Å². The second-order valence-corrected chi connectivity index (χ2v) is 9.70. The lowest BCUT2D eigenvalue weighted by atomic mass is 10.2. The number of carbonyl (C=O) groups excluding carboxylic acids is 2. The first kappa shape index (κ1) is 22.7. The van der Waals surface area contributed by atoms with Gasteiger partial charge in [-0.15, -0.1) is 0 Å². The first-order valence-electron chi connectivity index (χ1n) is 7.33. The zero-order valence-electron chi connectivity index (χ0n) is 14.1. The summed E-state index contributed by atoms with van der Waals surface area (Å²) in [4.78, 5) is 43.7. The van der Waals surface area contributed by atoms with Gasteiger partial charge >= 0.3 is 7.82 Å². The van der Waals surface area contributed by atoms with Crippen molar-refractivity contribution in [3.63, 3.8) is 0 Å². The predicted octanol–water partition coefficient (Wildman–Crippen LogP) is -0.691. The van der Waals surface area contributed by atoms with Crippen LogP contribution in [0.1, 0.15) is 20.7 Å². The van der Waals surface area contributed by atoms with Crippen molar-refractivity contribution in [3.8, 4) is 0 Å². The fraction of sp³-hybridized carbons (Fsp3) is 0. The maximum atomic E-state index is 11.1. The molecule has 5 N–H and O–H groups in total. The van der Waals surface area contributed by atoms with Crippen LogP contribution in [0.25, 0.3) is 0 Å². The maximum Gasteiger partial charge on any atom is 0.466 e. The molecule has 4 rings (SSSR count). The Morgan fingerprint density at radius 3 is 1.21 bits per heavy atom. The molecular weight excluding hydrogens is 451 g/mol. The lowest BCUT2D eigenvalue weighted by Gasteiger charge is -1.91. The largest absolute Gasteiger partial charge is 0.466 e. The van der Waals surface area contributed by atoms with Crippen molar-refractivity contribution in [1.82, 2.24) is 9.44 Å². The molecule has 2 amide bonds. The minimum absolute atomic E-state index is 0.0648. The van der Waals surface area contributed by atoms with Gasteiger partial charge in [-0.25, -0.2) is 30.8 Å². The van der Waals surface area contributed by atoms with Crippen molar-refractivity contribution < 1.29 is 45.7 Å². The number of phosphoric acid groups is 1. The average Bonchev–Trinajstić information content (AvgIpc) is 2.97. The molecule has 0 atom stereocenters. The van der Waals surface area contributed by atoms with E-state index in [1.165, 1.54) is 24.3 Å². The second-order valence-electron chi connectivity index (χ2n) is 5.37. The van der Waals surface area contributed by atoms with E-state index in [2.05, 4.69) is 0 Å². The summed E-state index contributed by atoms with van der Waals surface area (Å²) < 4.78 is 57.2. The van der Waals surface area contributed by atoms with Crippen LogP contribution in [0.15, 0.2) is 58.3 Å². The molecule has 2 aliphatic rings. The Labute approximate surface area is 164 Å². The highest BCUT2D eigenvalue weighted by molar-refractivity contribution is 7.91. The van der Waals surface area contributed by atoms with Gasteiger partial charge < -0.3 is 14.7 Å². The van der Waals surface area contributed by atoms with Gasteiger partial charge in [0.25, 0.3) is 31.9 Å². The van der Waals surface area contributed by atoms with Crippen LogP contribution < -0.4 is 9.44 Å². The van der Waals surface area contributed by atoms with E-state index in [-0.39, 0.29) is 20.9 Å². The van der Waals surface area contributed by atoms with Crippen LogP contribution in [-0.2, 0) is 24.6 Å². The SMILES string of the molecule is O=C1NS(=O)(=O)c2ccccc21.O=C1NS(=O)(=O)c2ccccc21.O=P(O)(O)O. The van der Waals surface area contributed by atoms with Gasteiger partial charge in [-0.05, 0) is 24.3 Å². The van der Waals surface area contributed by atoms with Crippen molar-refractivity contribution >= 4 is 39.7 Å². The summed E-state index contributed by atoms with van der Waals surface area (Å²) >= 11 is 0. The first-order valence-corrected chi connectivity index (χ1v) is 11.9. The van der Waals surface area contributed by atoms with E-state index < -0.39 is 39.7 Å². The molecule has 0 saturated carbocycles. The molecule has 2 aromatic rings. The molecule has 12 nitrogen and oxygen atoms in total. The maximum absolute atomic E-state index is 11.1. The lowest BCUT2D eigenvalue weighted by molar-refractivity contribution is 0.0976. The Kier molecular flexibility index (Phi) is 6.27. The van der Waals surface area contributed by atoms with E-state index in [1.807, 2.05) is 9.44 Å². The minimum Gasteiger partial charge on any atom is -0.303 e. The fourth-order valence-corrected chi connectivity index (χ4v) is 4.59. The van der Waals surface area contributed by atoms with Crippen LogP contribution in [0, 0.1) is 0 Å². The molecule has 29 heavy (non-hydrogen) atoms. The van der Waals surface area contributed by atoms with Gasteiger partial charge in [0.2, 0.25) is 0 Å². The summed E-state index contributed by atoms with van der Waals surface area (Å²) in [6.07, 6.45) is 0. The standard InChI is InChI=1S/2C7H5NO3S.H3O4P/c2*9-7-5-3-1-2-4-6(5)12(10,11)8-7;1-5(2,3)4/h2*1-4H,(H,8,9);(H3,1,2,3,4). The van der Waals surface area contributed by atoms with Crippen LogP contribution in [0.2, 0.25) is 0 Å². The molecule has 0 bridgehead atoms. The molecule has 15 heteroatoms. The molecule has 2 aliphatic heterocycles. The normalized spacial score (nSPS) is 17.3. The molecule has 2 heterocycles. The van der Waals surface area contributed by atoms with Gasteiger partial charge in [-0.1, -0.05) is 24.3 Å². The third-order valence-electron chi connectivity index (χ3n) is 3.30. The van der Waals surface area contributed by atoms with E-state index in [0.29, 0.717) is 0 Å². The number of benzene rings is 2. The van der Waals surface area contributed by atoms with E-state index in [4.69, 9.17) is 19.2 Å². The van der Waals surface area contributed by atoms with Crippen molar-refractivity contribution in [3.05, 3.63) is 59.7 Å². The average molecular weight is 464 g/mol. The smallest absolute Gasteiger partial charge is 0.303 e. The Bertz CT molecular complexity index is 1140. The Morgan fingerprint density at radius 1 is 0.655 bits per heavy atom. The fourth-order valence-electron chi connectivity index (χ4n) is 2.24. The van der Waals surface area contributed by atoms with Crippen LogP contribution >= 0.6 is 7.82 Å². The molecule has 0 fully saturated rings. The van der Waals surface area contributed by atoms with E-state index in [9.17, 15) is 26.4 Å². The molecule has 2 aromatic carbocycles. The number of hydrogen-bond acceptors (Lipinski definition) is 7. The van der Waals surface area contributed by atoms with Crippen LogP contribution in [0.4, 0.5) is 0 Å². The van der Waals surface area contributed by atoms with Crippen LogP contribution in [-0.4, -0.2) is 43.3 Å². The van der Waals surface area contributed by atoms with Crippen molar-refractivity contribution in [1.29, 1.82) is 0 Å². The molecule has 0 saturated heterocycles. The number of nitrogens with one attached hydrogen (secondary N) is 2. The summed E-state index contributed by atoms with van der Waals surface area (Å²) in [5, 5.41) is 0. The number of carbonyl (C=O) groups is 2. The third-order valence-corrected chi connectivity index (χ3v) is 6.07. The second kappa shape index (κ2) is 8.02. The van der Waals surface area contributed by atoms with Crippen molar-refractivity contribution in [2.45, 2.75) is 9.79 Å². The van der Waals surface area contributed by atoms with Gasteiger partial charge in [0.1, 0.15) is 9.79 Å². The number of hydrogen-bond donors (Lipinski definition) is 5. The molecule has 0 unspecified atom stereocenters. The summed E-state index contributed by atoms with van der Waals surface area (Å²) in [5.41, 5.74) is 0.440. The number of rotatable bonds is 0. The molecular formula is C14H13N2O10PS2. The minimum atomic E-state index is -4.64. The van der Waals surface area contributed by atoms with Crippen molar-refractivity contribution in [2.75, 3.05) is 0 Å². The molecule has 0 aromatic heterocycles. The predicted molar refractivity (Wildman–Crippen MR) is 96.5 cm³/mol. The summed E-state index contributed by atoms with van der Waals surface area (Å²) in [6, 6.07) is 12.2. The van der Waals surface area contributed by atoms with Crippen LogP contribution in [0.3, 0.4) is 0 Å². The number of sulfonamides is 2. The topological polar surface area (TPSA) is 204 Å². The number of amides is 2. The number of fused-ring (bicyclic) bond motifs is 2. The van der Waals surface area contributed by atoms with Gasteiger partial charge in [0.15, 0.2) is 0 Å². The van der Waals surface area contributed by atoms with Crippen LogP contribution in [0.5, 0.6) is 0 Å². The third kappa shape index (κ3) is 5.69. The Hall–Kier alpha value is -2.61. The Morgan fingerprint density at radius 2 is 0.931 bits per heavy atom. The highest BCUT2D eigenvalue weighted by Crippen LogP contribution is 2.26. The van der Waals surface area contributed by atoms with Crippen molar-refractivity contribution in [2.24, 2.45) is 0 Å². The summed E-state index contributed by atoms with van der Waals surface area (Å²) in [5.74, 6) is -1.10. The van der Waals surface area contributed by atoms with E-state index in [0.717, 1.165) is 0 Å². The zero-order valence-corrected chi connectivity index (χ0v) is 16.6. The summed E-state index contributed by atoms with van der Waals surface area (Å²) in [7, 11) is -11.7. The monoisotopic (exact) mass is 464 g/mol. The molecule has 156 valence electrons. The lowest BCUT2D eigenvalue weighted by Crippen LogP contribution is -2.20. The molecule has 0 aliphatic carbocycles. The highest BCUT2D eigenvalue weighted by atomic mass is 32.2.